The van der Waals surface area contributed by atoms with Gasteiger partial charge in [0.1, 0.15) is 17.2 Å². The number of benzene rings is 6. The van der Waals surface area contributed by atoms with E-state index in [-0.39, 0.29) is 89.2 Å². The van der Waals surface area contributed by atoms with Crippen molar-refractivity contribution < 1.29 is 73.0 Å². The molecular formula is C112H149N19O16S3. The van der Waals surface area contributed by atoms with Crippen LogP contribution >= 0.6 is 0 Å². The molecule has 6 aromatic carbocycles. The molecule has 0 bridgehead atoms. The van der Waals surface area contributed by atoms with Crippen molar-refractivity contribution in [2.75, 3.05) is 179 Å². The first-order valence-electron chi connectivity index (χ1n) is 52.8. The number of nitrogens with zero attached hydrogens (tertiary/aromatic N) is 16. The smallest absolute Gasteiger partial charge is 0.303 e. The first kappa shape index (κ1) is 108. The van der Waals surface area contributed by atoms with E-state index in [1.165, 1.54) is 78.2 Å². The van der Waals surface area contributed by atoms with Gasteiger partial charge >= 0.3 is 30.6 Å². The Morgan fingerprint density at radius 1 is 0.420 bits per heavy atom. The maximum absolute atomic E-state index is 14.8. The average molecular weight is 2110 g/mol. The summed E-state index contributed by atoms with van der Waals surface area (Å²) in [4.78, 5) is 119. The third kappa shape index (κ3) is 19.8. The fourth-order valence-corrected chi connectivity index (χ4v) is 28.3. The molecule has 806 valence electrons. The zero-order chi connectivity index (χ0) is 107. The second-order valence-electron chi connectivity index (χ2n) is 45.0. The van der Waals surface area contributed by atoms with Crippen LogP contribution in [0.2, 0.25) is 0 Å². The number of aryl methyl sites for hydroxylation is 1. The molecule has 11 heterocycles. The van der Waals surface area contributed by atoms with E-state index >= 15 is 0 Å². The van der Waals surface area contributed by atoms with Crippen molar-refractivity contribution in [3.8, 4) is 51.0 Å². The zero-order valence-electron chi connectivity index (χ0n) is 90.6. The first-order valence-corrected chi connectivity index (χ1v) is 57.1. The molecule has 3 aliphatic carbocycles. The number of hydrogen-bond donors (Lipinski definition) is 3. The van der Waals surface area contributed by atoms with Crippen LogP contribution in [0.15, 0.2) is 122 Å². The number of imidazole rings is 1. The lowest BCUT2D eigenvalue weighted by Crippen LogP contribution is -2.49. The van der Waals surface area contributed by atoms with Crippen molar-refractivity contribution in [2.45, 2.75) is 190 Å². The normalized spacial score (nSPS) is 22.3. The van der Waals surface area contributed by atoms with Gasteiger partial charge in [-0.25, -0.2) is 19.2 Å². The Balaban J connectivity index is 0.000000147. The van der Waals surface area contributed by atoms with Crippen molar-refractivity contribution in [2.24, 2.45) is 23.3 Å². The minimum absolute atomic E-state index is 0.0451. The van der Waals surface area contributed by atoms with Crippen LogP contribution in [0.4, 0.5) is 0 Å². The molecule has 150 heavy (non-hydrogen) atoms. The molecular weight excluding hydrogens is 1960 g/mol. The molecule has 3 saturated carbocycles. The summed E-state index contributed by atoms with van der Waals surface area (Å²) in [5.41, 5.74) is 14.8. The molecule has 8 atom stereocenters. The number of ether oxygens (including phenoxy) is 3. The number of carbonyl (C=O) groups excluding carboxylic acids is 7. The van der Waals surface area contributed by atoms with Gasteiger partial charge in [0.05, 0.1) is 72.7 Å². The number of carbonyl (C=O) groups is 7. The lowest BCUT2D eigenvalue weighted by molar-refractivity contribution is -0.142. The number of nitrogens with one attached hydrogen (secondary N) is 3. The number of aromatic nitrogens is 5. The second kappa shape index (κ2) is 42.5. The van der Waals surface area contributed by atoms with Crippen molar-refractivity contribution in [1.82, 2.24) is 89.5 Å². The molecule has 3 N–H and O–H groups in total. The largest absolute Gasteiger partial charge is 0.497 e. The van der Waals surface area contributed by atoms with Gasteiger partial charge in [0.15, 0.2) is 0 Å². The molecule has 7 unspecified atom stereocenters. The highest BCUT2D eigenvalue weighted by Crippen LogP contribution is 2.61. The number of amides is 7. The van der Waals surface area contributed by atoms with Gasteiger partial charge in [-0.05, 0) is 228 Å². The minimum atomic E-state index is -4.02. The molecule has 35 nitrogen and oxygen atoms in total. The fourth-order valence-electron chi connectivity index (χ4n) is 26.7. The Bertz CT molecular complexity index is 7290. The van der Waals surface area contributed by atoms with E-state index in [2.05, 4.69) is 110 Å². The van der Waals surface area contributed by atoms with Gasteiger partial charge in [0.2, 0.25) is 23.6 Å². The SMILES string of the molecule is COc1ccc2c(c1)C1CN(C(=O)[C@@H]3CCCN3C)CC1(C(=O)N(C)C)Cn1c-2c(C2CCCCC2)c2ccc(C(=O)NS(=O)(=O)N(C)C)cc21.COc1ccc2c(c1)C1CN(C(C)CN(C)C)CC1(C(=O)N(C)C)Cn1c-2c(C2CCCCC2)c2ccc(C(=O)NS(=O)(=O)N(C)C)cc21.COc1ccc2c(c1)C1CN(Cc3cncn3C)CC1(C(=O)N(C)C)Cn1c-2c(C2CCCCC2)c2ccc(C(=O)NS(=O)(=O)N(C)C)cc21. The Morgan fingerprint density at radius 3 is 1.10 bits per heavy atom. The number of methoxy groups -OCH3 is 3. The summed E-state index contributed by atoms with van der Waals surface area (Å²) in [6.07, 6.45) is 22.2. The van der Waals surface area contributed by atoms with E-state index < -0.39 is 64.6 Å². The highest BCUT2D eigenvalue weighted by atomic mass is 32.2. The molecule has 38 heteroatoms. The van der Waals surface area contributed by atoms with Crippen LogP contribution in [0.1, 0.15) is 222 Å². The third-order valence-electron chi connectivity index (χ3n) is 34.1. The van der Waals surface area contributed by atoms with Gasteiger partial charge in [-0.1, -0.05) is 76.0 Å². The summed E-state index contributed by atoms with van der Waals surface area (Å²) < 4.78 is 112. The van der Waals surface area contributed by atoms with Gasteiger partial charge in [-0.15, -0.1) is 0 Å². The van der Waals surface area contributed by atoms with Gasteiger partial charge in [-0.3, -0.25) is 48.3 Å². The highest BCUT2D eigenvalue weighted by molar-refractivity contribution is 7.88. The number of fused-ring (bicyclic) bond motifs is 21. The maximum Gasteiger partial charge on any atom is 0.303 e. The first-order chi connectivity index (χ1) is 71.3. The van der Waals surface area contributed by atoms with Crippen LogP contribution in [0, 0.1) is 16.2 Å². The number of likely N-dealkylation sites (tertiary alicyclic amines) is 4. The molecule has 20 rings (SSSR count). The summed E-state index contributed by atoms with van der Waals surface area (Å²) in [7, 11) is 20.3. The molecule has 4 aromatic heterocycles. The lowest BCUT2D eigenvalue weighted by atomic mass is 9.72. The van der Waals surface area contributed by atoms with Crippen LogP contribution in [0.25, 0.3) is 66.5 Å². The molecule has 4 saturated heterocycles. The topological polar surface area (TPSA) is 354 Å². The van der Waals surface area contributed by atoms with Crippen LogP contribution in [-0.2, 0) is 83.0 Å². The molecule has 10 aromatic rings. The van der Waals surface area contributed by atoms with Crippen molar-refractivity contribution >= 4 is 105 Å². The van der Waals surface area contributed by atoms with Crippen LogP contribution in [-0.4, -0.2) is 333 Å². The number of hydrogen-bond acceptors (Lipinski definition) is 21. The standard InChI is InChI=1S/C38H50N6O6S.C37H47N7O5S.C37H52N6O5S/c1-40(2)37(47)38-22-43(36(46)31-13-10-18-42(31)5)21-30(38)29-20-26(50-6)15-17-27(29)34-33(24-11-8-7-9-12-24)28-16-14-25(19-32(28)44(34)23-38)35(45)39-51(48,49)41(3)4;1-40(2)36(46)37-21-43(19-26-18-38-23-42(26)5)20-31(37)30-17-27(49-6)13-15-28(30)34-33(24-10-8-7-9-11-24)29-14-12-25(16-32(29)44(34)22-37)35(45)39-50(47,48)41(3)4;1-24(20-39(2)3)42-21-31-30-19-27(48-8)15-17-28(30)34-33(25-12-10-9-11-13-25)29-16-14-26(35(44)38-49(46,47)41(6)7)18-32(29)43(34)23-37(31,22-42)36(45)40(4)5/h14-17,19-20,24,30-31H,7-13,18,21-23H2,1-6H3,(H,39,45);12-18,23-24,31H,7-11,19-22H2,1-6H3,(H,39,45);14-19,24-25,31H,9-13,20-23H2,1-8H3,(H,38,44)/t30?,31-,38?;;/m0../s1. The van der Waals surface area contributed by atoms with Gasteiger partial charge in [0, 0.05) is 260 Å². The molecule has 0 radical (unpaired) electrons. The molecule has 10 aliphatic rings. The number of likely N-dealkylation sites (N-methyl/N-ethyl adjacent to an activating group) is 2. The fraction of sp³-hybridized carbons (Fsp3) is 0.536. The molecule has 0 spiro atoms. The molecule has 7 aliphatic heterocycles. The minimum Gasteiger partial charge on any atom is -0.497 e. The zero-order valence-corrected chi connectivity index (χ0v) is 93.0. The van der Waals surface area contributed by atoms with Crippen molar-refractivity contribution in [3.63, 3.8) is 0 Å². The predicted octanol–water partition coefficient (Wildman–Crippen LogP) is 12.7. The van der Waals surface area contributed by atoms with Crippen LogP contribution in [0.5, 0.6) is 17.2 Å². The average Bonchev–Trinajstić information content (AvgIpc) is 1.54. The summed E-state index contributed by atoms with van der Waals surface area (Å²) in [5, 5.41) is 3.09. The predicted molar refractivity (Wildman–Crippen MR) is 581 cm³/mol. The van der Waals surface area contributed by atoms with Crippen molar-refractivity contribution in [1.29, 1.82) is 0 Å². The van der Waals surface area contributed by atoms with Gasteiger partial charge < -0.3 is 57.0 Å². The monoisotopic (exact) mass is 2110 g/mol. The molecule has 7 fully saturated rings. The Labute approximate surface area is 882 Å². The second-order valence-corrected chi connectivity index (χ2v) is 50.7. The third-order valence-corrected chi connectivity index (χ3v) is 38.3. The van der Waals surface area contributed by atoms with E-state index in [0.717, 1.165) is 223 Å². The Hall–Kier alpha value is -11.6. The van der Waals surface area contributed by atoms with Crippen LogP contribution in [0.3, 0.4) is 0 Å². The van der Waals surface area contributed by atoms with E-state index in [0.29, 0.717) is 63.4 Å². The highest BCUT2D eigenvalue weighted by Gasteiger charge is 2.61. The summed E-state index contributed by atoms with van der Waals surface area (Å²) >= 11 is 0. The maximum atomic E-state index is 14.8. The lowest BCUT2D eigenvalue weighted by Gasteiger charge is -2.36. The quantitative estimate of drug-likeness (QED) is 0.0506. The van der Waals surface area contributed by atoms with E-state index in [4.69, 9.17) is 14.2 Å². The summed E-state index contributed by atoms with van der Waals surface area (Å²) in [6, 6.07) is 35.1. The van der Waals surface area contributed by atoms with Crippen LogP contribution < -0.4 is 28.4 Å². The number of rotatable bonds is 24. The van der Waals surface area contributed by atoms with E-state index in [9.17, 15) is 58.8 Å². The van der Waals surface area contributed by atoms with Gasteiger partial charge in [0.25, 0.3) is 17.7 Å². The van der Waals surface area contributed by atoms with E-state index in [1.807, 2.05) is 106 Å². The Morgan fingerprint density at radius 2 is 0.773 bits per heavy atom. The summed E-state index contributed by atoms with van der Waals surface area (Å²) in [6.45, 7) is 8.88. The van der Waals surface area contributed by atoms with E-state index in [1.54, 1.807) is 80.7 Å². The Kier molecular flexibility index (Phi) is 30.6. The molecule has 7 amide bonds. The van der Waals surface area contributed by atoms with Gasteiger partial charge in [-0.2, -0.15) is 38.2 Å². The summed E-state index contributed by atoms with van der Waals surface area (Å²) in [5.74, 6) is 0.515. The van der Waals surface area contributed by atoms with Crippen molar-refractivity contribution in [3.05, 3.63) is 177 Å².